The van der Waals surface area contributed by atoms with E-state index in [9.17, 15) is 9.59 Å². The SMILES string of the molecule is Cc1cc(OC(C)C(=O)NCc2cccc(NC(=O)CN(C)C)c2)ccc1Cl. The summed E-state index contributed by atoms with van der Waals surface area (Å²) in [5.74, 6) is 0.274. The summed E-state index contributed by atoms with van der Waals surface area (Å²) in [5.41, 5.74) is 2.46. The summed E-state index contributed by atoms with van der Waals surface area (Å²) >= 11 is 6.00. The first kappa shape index (κ1) is 21.7. The van der Waals surface area contributed by atoms with Crippen molar-refractivity contribution in [3.8, 4) is 5.75 Å². The quantitative estimate of drug-likeness (QED) is 0.709. The van der Waals surface area contributed by atoms with E-state index in [1.807, 2.05) is 45.3 Å². The molecule has 0 aliphatic carbocycles. The zero-order valence-electron chi connectivity index (χ0n) is 16.6. The highest BCUT2D eigenvalue weighted by atomic mass is 35.5. The summed E-state index contributed by atoms with van der Waals surface area (Å²) in [4.78, 5) is 26.0. The molecule has 28 heavy (non-hydrogen) atoms. The lowest BCUT2D eigenvalue weighted by Gasteiger charge is -2.16. The number of ether oxygens (including phenoxy) is 1. The average molecular weight is 404 g/mol. The molecule has 1 atom stereocenters. The Balaban J connectivity index is 1.88. The molecule has 0 saturated heterocycles. The molecule has 0 radical (unpaired) electrons. The van der Waals surface area contributed by atoms with Gasteiger partial charge >= 0.3 is 0 Å². The van der Waals surface area contributed by atoms with Crippen LogP contribution >= 0.6 is 11.6 Å². The Hall–Kier alpha value is -2.57. The van der Waals surface area contributed by atoms with Crippen LogP contribution in [0.3, 0.4) is 0 Å². The van der Waals surface area contributed by atoms with Gasteiger partial charge in [-0.15, -0.1) is 0 Å². The van der Waals surface area contributed by atoms with E-state index in [0.29, 0.717) is 29.5 Å². The molecule has 0 aliphatic rings. The molecule has 6 nitrogen and oxygen atoms in total. The molecule has 0 aromatic heterocycles. The number of aryl methyl sites for hydroxylation is 1. The lowest BCUT2D eigenvalue weighted by molar-refractivity contribution is -0.127. The van der Waals surface area contributed by atoms with Crippen LogP contribution in [-0.4, -0.2) is 43.5 Å². The number of amides is 2. The largest absolute Gasteiger partial charge is 0.481 e. The fourth-order valence-electron chi connectivity index (χ4n) is 2.53. The highest BCUT2D eigenvalue weighted by molar-refractivity contribution is 6.31. The van der Waals surface area contributed by atoms with Gasteiger partial charge in [0.05, 0.1) is 6.54 Å². The van der Waals surface area contributed by atoms with Gasteiger partial charge in [0.25, 0.3) is 5.91 Å². The minimum atomic E-state index is -0.649. The van der Waals surface area contributed by atoms with Crippen LogP contribution in [0.4, 0.5) is 5.69 Å². The van der Waals surface area contributed by atoms with Crippen LogP contribution in [0.5, 0.6) is 5.75 Å². The van der Waals surface area contributed by atoms with E-state index in [2.05, 4.69) is 10.6 Å². The van der Waals surface area contributed by atoms with Gasteiger partial charge in [-0.05, 0) is 69.4 Å². The highest BCUT2D eigenvalue weighted by Crippen LogP contribution is 2.22. The maximum absolute atomic E-state index is 12.3. The first-order valence-electron chi connectivity index (χ1n) is 8.98. The predicted octanol–water partition coefficient (Wildman–Crippen LogP) is 3.23. The Kier molecular flexibility index (Phi) is 7.84. The van der Waals surface area contributed by atoms with E-state index in [-0.39, 0.29) is 11.8 Å². The predicted molar refractivity (Wildman–Crippen MR) is 112 cm³/mol. The molecule has 150 valence electrons. The van der Waals surface area contributed by atoms with Crippen LogP contribution in [0.1, 0.15) is 18.1 Å². The second-order valence-corrected chi connectivity index (χ2v) is 7.28. The minimum Gasteiger partial charge on any atom is -0.481 e. The number of likely N-dealkylation sites (N-methyl/N-ethyl adjacent to an activating group) is 1. The van der Waals surface area contributed by atoms with E-state index in [1.54, 1.807) is 30.0 Å². The number of anilines is 1. The van der Waals surface area contributed by atoms with Gasteiger partial charge in [-0.2, -0.15) is 0 Å². The summed E-state index contributed by atoms with van der Waals surface area (Å²) in [6, 6.07) is 12.6. The molecular formula is C21H26ClN3O3. The maximum atomic E-state index is 12.3. The molecular weight excluding hydrogens is 378 g/mol. The van der Waals surface area contributed by atoms with Crippen molar-refractivity contribution in [3.63, 3.8) is 0 Å². The van der Waals surface area contributed by atoms with E-state index in [4.69, 9.17) is 16.3 Å². The van der Waals surface area contributed by atoms with Gasteiger partial charge in [-0.1, -0.05) is 23.7 Å². The van der Waals surface area contributed by atoms with Crippen LogP contribution in [-0.2, 0) is 16.1 Å². The fraction of sp³-hybridized carbons (Fsp3) is 0.333. The second kappa shape index (κ2) is 10.1. The summed E-state index contributed by atoms with van der Waals surface area (Å²) in [6.07, 6.45) is -0.649. The van der Waals surface area contributed by atoms with Crippen LogP contribution in [0, 0.1) is 6.92 Å². The lowest BCUT2D eigenvalue weighted by atomic mass is 10.2. The molecule has 0 aliphatic heterocycles. The monoisotopic (exact) mass is 403 g/mol. The van der Waals surface area contributed by atoms with Gasteiger partial charge in [0.1, 0.15) is 5.75 Å². The lowest BCUT2D eigenvalue weighted by Crippen LogP contribution is -2.35. The molecule has 0 heterocycles. The molecule has 0 bridgehead atoms. The molecule has 0 spiro atoms. The number of hydrogen-bond acceptors (Lipinski definition) is 4. The first-order valence-corrected chi connectivity index (χ1v) is 9.36. The second-order valence-electron chi connectivity index (χ2n) is 6.88. The van der Waals surface area contributed by atoms with Crippen molar-refractivity contribution in [2.24, 2.45) is 0 Å². The molecule has 2 aromatic rings. The molecule has 1 unspecified atom stereocenters. The summed E-state index contributed by atoms with van der Waals surface area (Å²) in [6.45, 7) is 4.21. The molecule has 0 fully saturated rings. The van der Waals surface area contributed by atoms with Crippen molar-refractivity contribution in [3.05, 3.63) is 58.6 Å². The van der Waals surface area contributed by atoms with Crippen LogP contribution < -0.4 is 15.4 Å². The van der Waals surface area contributed by atoms with Crippen molar-refractivity contribution in [2.45, 2.75) is 26.5 Å². The molecule has 2 N–H and O–H groups in total. The topological polar surface area (TPSA) is 70.7 Å². The Morgan fingerprint density at radius 1 is 1.18 bits per heavy atom. The van der Waals surface area contributed by atoms with Gasteiger partial charge in [0.2, 0.25) is 5.91 Å². The van der Waals surface area contributed by atoms with Crippen molar-refractivity contribution < 1.29 is 14.3 Å². The third-order valence-corrected chi connectivity index (χ3v) is 4.37. The third-order valence-electron chi connectivity index (χ3n) is 3.95. The zero-order chi connectivity index (χ0) is 20.7. The van der Waals surface area contributed by atoms with Crippen LogP contribution in [0.15, 0.2) is 42.5 Å². The van der Waals surface area contributed by atoms with E-state index in [0.717, 1.165) is 11.1 Å². The van der Waals surface area contributed by atoms with Crippen molar-refractivity contribution in [2.75, 3.05) is 26.0 Å². The fourth-order valence-corrected chi connectivity index (χ4v) is 2.65. The zero-order valence-corrected chi connectivity index (χ0v) is 17.3. The van der Waals surface area contributed by atoms with E-state index < -0.39 is 6.10 Å². The number of carbonyl (C=O) groups excluding carboxylic acids is 2. The third kappa shape index (κ3) is 6.87. The summed E-state index contributed by atoms with van der Waals surface area (Å²) in [5, 5.41) is 6.34. The van der Waals surface area contributed by atoms with Gasteiger partial charge in [0, 0.05) is 17.3 Å². The smallest absolute Gasteiger partial charge is 0.261 e. The van der Waals surface area contributed by atoms with Crippen LogP contribution in [0.25, 0.3) is 0 Å². The number of halogens is 1. The number of nitrogens with zero attached hydrogens (tertiary/aromatic N) is 1. The number of nitrogens with one attached hydrogen (secondary N) is 2. The van der Waals surface area contributed by atoms with Crippen molar-refractivity contribution in [1.29, 1.82) is 0 Å². The Bertz CT molecular complexity index is 839. The number of carbonyl (C=O) groups is 2. The number of hydrogen-bond donors (Lipinski definition) is 2. The molecule has 2 rings (SSSR count). The average Bonchev–Trinajstić information content (AvgIpc) is 2.62. The maximum Gasteiger partial charge on any atom is 0.261 e. The van der Waals surface area contributed by atoms with Gasteiger partial charge < -0.3 is 20.3 Å². The molecule has 0 saturated carbocycles. The van der Waals surface area contributed by atoms with Gasteiger partial charge in [-0.3, -0.25) is 9.59 Å². The number of benzene rings is 2. The first-order chi connectivity index (χ1) is 13.2. The Morgan fingerprint density at radius 2 is 1.93 bits per heavy atom. The molecule has 2 aromatic carbocycles. The van der Waals surface area contributed by atoms with Gasteiger partial charge in [0.15, 0.2) is 6.10 Å². The summed E-state index contributed by atoms with van der Waals surface area (Å²) < 4.78 is 5.68. The molecule has 2 amide bonds. The minimum absolute atomic E-state index is 0.0912. The van der Waals surface area contributed by atoms with Crippen molar-refractivity contribution in [1.82, 2.24) is 10.2 Å². The Morgan fingerprint density at radius 3 is 2.61 bits per heavy atom. The number of rotatable bonds is 8. The van der Waals surface area contributed by atoms with Gasteiger partial charge in [-0.25, -0.2) is 0 Å². The normalized spacial score (nSPS) is 11.8. The standard InChI is InChI=1S/C21H26ClN3O3/c1-14-10-18(8-9-19(14)22)28-15(2)21(27)23-12-16-6-5-7-17(11-16)24-20(26)13-25(3)4/h5-11,15H,12-13H2,1-4H3,(H,23,27)(H,24,26). The summed E-state index contributed by atoms with van der Waals surface area (Å²) in [7, 11) is 3.67. The van der Waals surface area contributed by atoms with E-state index in [1.165, 1.54) is 0 Å². The highest BCUT2D eigenvalue weighted by Gasteiger charge is 2.15. The molecule has 7 heteroatoms. The van der Waals surface area contributed by atoms with E-state index >= 15 is 0 Å². The Labute approximate surface area is 170 Å². The van der Waals surface area contributed by atoms with Crippen LogP contribution in [0.2, 0.25) is 5.02 Å². The van der Waals surface area contributed by atoms with Crippen molar-refractivity contribution >= 4 is 29.1 Å².